The van der Waals surface area contributed by atoms with Gasteiger partial charge >= 0.3 is 6.36 Å². The van der Waals surface area contributed by atoms with Gasteiger partial charge in [0.2, 0.25) is 5.95 Å². The predicted molar refractivity (Wildman–Crippen MR) is 76.7 cm³/mol. The number of benzene rings is 1. The van der Waals surface area contributed by atoms with Crippen molar-refractivity contribution in [2.24, 2.45) is 0 Å². The molecule has 4 nitrogen and oxygen atoms in total. The van der Waals surface area contributed by atoms with Gasteiger partial charge in [-0.3, -0.25) is 0 Å². The number of nitrogens with one attached hydrogen (secondary N) is 1. The van der Waals surface area contributed by atoms with Crippen molar-refractivity contribution < 1.29 is 17.9 Å². The second-order valence-corrected chi connectivity index (χ2v) is 4.94. The summed E-state index contributed by atoms with van der Waals surface area (Å²) in [7, 11) is 0. The van der Waals surface area contributed by atoms with E-state index in [2.05, 4.69) is 20.0 Å². The van der Waals surface area contributed by atoms with E-state index >= 15 is 0 Å². The Morgan fingerprint density at radius 2 is 1.77 bits per heavy atom. The zero-order valence-corrected chi connectivity index (χ0v) is 12.4. The van der Waals surface area contributed by atoms with E-state index in [1.54, 1.807) is 18.3 Å². The first kappa shape index (κ1) is 16.1. The summed E-state index contributed by atoms with van der Waals surface area (Å²) in [6.45, 7) is 5.68. The minimum Gasteiger partial charge on any atom is -0.406 e. The van der Waals surface area contributed by atoms with Crippen LogP contribution in [0.15, 0.2) is 30.5 Å². The van der Waals surface area contributed by atoms with Gasteiger partial charge < -0.3 is 10.1 Å². The summed E-state index contributed by atoms with van der Waals surface area (Å²) in [5.74, 6) is 0.233. The normalized spacial score (nSPS) is 12.8. The number of anilines is 1. The molecule has 0 fully saturated rings. The van der Waals surface area contributed by atoms with Gasteiger partial charge in [-0.1, -0.05) is 12.1 Å². The standard InChI is InChI=1S/C15H16F3N3O/c1-9-8-19-14(20-10(9)2)21-11(3)12-4-6-13(7-5-12)22-15(16,17)18/h4-8,11H,1-3H3,(H,19,20,21)/t11-/m0/s1. The van der Waals surface area contributed by atoms with Crippen LogP contribution in [0, 0.1) is 13.8 Å². The van der Waals surface area contributed by atoms with Crippen molar-refractivity contribution in [3.8, 4) is 5.75 Å². The van der Waals surface area contributed by atoms with Crippen LogP contribution in [0.5, 0.6) is 5.75 Å². The van der Waals surface area contributed by atoms with Gasteiger partial charge in [0.15, 0.2) is 0 Å². The summed E-state index contributed by atoms with van der Waals surface area (Å²) in [6.07, 6.45) is -2.96. The fourth-order valence-electron chi connectivity index (χ4n) is 1.83. The number of aryl methyl sites for hydroxylation is 2. The molecular weight excluding hydrogens is 295 g/mol. The number of hydrogen-bond donors (Lipinski definition) is 1. The predicted octanol–water partition coefficient (Wildman–Crippen LogP) is 4.17. The van der Waals surface area contributed by atoms with Crippen molar-refractivity contribution in [1.29, 1.82) is 0 Å². The Hall–Kier alpha value is -2.31. The highest BCUT2D eigenvalue weighted by molar-refractivity contribution is 5.35. The summed E-state index contributed by atoms with van der Waals surface area (Å²) in [6, 6.07) is 5.55. The zero-order chi connectivity index (χ0) is 16.3. The molecule has 118 valence electrons. The van der Waals surface area contributed by atoms with E-state index in [1.807, 2.05) is 20.8 Å². The van der Waals surface area contributed by atoms with Gasteiger partial charge in [-0.25, -0.2) is 9.97 Å². The van der Waals surface area contributed by atoms with Crippen LogP contribution in [0.2, 0.25) is 0 Å². The highest BCUT2D eigenvalue weighted by atomic mass is 19.4. The molecule has 1 aromatic carbocycles. The SMILES string of the molecule is Cc1cnc(N[C@@H](C)c2ccc(OC(F)(F)F)cc2)nc1C. The Morgan fingerprint density at radius 1 is 1.14 bits per heavy atom. The van der Waals surface area contributed by atoms with Crippen molar-refractivity contribution in [1.82, 2.24) is 9.97 Å². The summed E-state index contributed by atoms with van der Waals surface area (Å²) < 4.78 is 40.2. The highest BCUT2D eigenvalue weighted by Crippen LogP contribution is 2.25. The molecule has 1 N–H and O–H groups in total. The van der Waals surface area contributed by atoms with Crippen LogP contribution in [0.25, 0.3) is 0 Å². The number of rotatable bonds is 4. The molecule has 0 amide bonds. The Labute approximate surface area is 126 Å². The van der Waals surface area contributed by atoms with E-state index in [0.29, 0.717) is 5.95 Å². The molecule has 0 radical (unpaired) electrons. The van der Waals surface area contributed by atoms with Crippen molar-refractivity contribution in [2.75, 3.05) is 5.32 Å². The average Bonchev–Trinajstić information content (AvgIpc) is 2.42. The van der Waals surface area contributed by atoms with Crippen molar-refractivity contribution in [3.05, 3.63) is 47.3 Å². The fraction of sp³-hybridized carbons (Fsp3) is 0.333. The molecule has 0 aliphatic carbocycles. The van der Waals surface area contributed by atoms with Crippen molar-refractivity contribution >= 4 is 5.95 Å². The Bertz CT molecular complexity index is 641. The molecule has 0 bridgehead atoms. The molecule has 2 rings (SSSR count). The molecule has 7 heteroatoms. The van der Waals surface area contributed by atoms with E-state index in [9.17, 15) is 13.2 Å². The second kappa shape index (κ2) is 6.21. The van der Waals surface area contributed by atoms with Crippen LogP contribution in [0.4, 0.5) is 19.1 Å². The molecule has 1 atom stereocenters. The monoisotopic (exact) mass is 311 g/mol. The van der Waals surface area contributed by atoms with Crippen LogP contribution < -0.4 is 10.1 Å². The molecule has 1 aromatic heterocycles. The maximum Gasteiger partial charge on any atom is 0.573 e. The molecule has 0 unspecified atom stereocenters. The Kier molecular flexibility index (Phi) is 4.54. The lowest BCUT2D eigenvalue weighted by Gasteiger charge is -2.15. The van der Waals surface area contributed by atoms with Gasteiger partial charge in [0, 0.05) is 11.9 Å². The van der Waals surface area contributed by atoms with Gasteiger partial charge in [0.05, 0.1) is 6.04 Å². The third-order valence-electron chi connectivity index (χ3n) is 3.18. The smallest absolute Gasteiger partial charge is 0.406 e. The Balaban J connectivity index is 2.06. The number of nitrogens with zero attached hydrogens (tertiary/aromatic N) is 2. The van der Waals surface area contributed by atoms with Gasteiger partial charge in [-0.05, 0) is 44.0 Å². The third kappa shape index (κ3) is 4.34. The topological polar surface area (TPSA) is 47.0 Å². The number of hydrogen-bond acceptors (Lipinski definition) is 4. The molecular formula is C15H16F3N3O. The molecule has 22 heavy (non-hydrogen) atoms. The van der Waals surface area contributed by atoms with E-state index in [-0.39, 0.29) is 11.8 Å². The molecule has 1 heterocycles. The maximum absolute atomic E-state index is 12.1. The van der Waals surface area contributed by atoms with E-state index in [1.165, 1.54) is 12.1 Å². The summed E-state index contributed by atoms with van der Waals surface area (Å²) >= 11 is 0. The number of alkyl halides is 3. The first-order valence-corrected chi connectivity index (χ1v) is 6.67. The quantitative estimate of drug-likeness (QED) is 0.921. The fourth-order valence-corrected chi connectivity index (χ4v) is 1.83. The van der Waals surface area contributed by atoms with Crippen LogP contribution in [0.1, 0.15) is 29.8 Å². The zero-order valence-electron chi connectivity index (χ0n) is 12.4. The molecule has 0 saturated heterocycles. The molecule has 0 aliphatic rings. The summed E-state index contributed by atoms with van der Waals surface area (Å²) in [4.78, 5) is 8.48. The van der Waals surface area contributed by atoms with Crippen molar-refractivity contribution in [3.63, 3.8) is 0 Å². The maximum atomic E-state index is 12.1. The largest absolute Gasteiger partial charge is 0.573 e. The highest BCUT2D eigenvalue weighted by Gasteiger charge is 2.31. The van der Waals surface area contributed by atoms with Gasteiger partial charge in [-0.2, -0.15) is 0 Å². The summed E-state index contributed by atoms with van der Waals surface area (Å²) in [5, 5.41) is 3.11. The molecule has 2 aromatic rings. The van der Waals surface area contributed by atoms with Crippen LogP contribution in [-0.4, -0.2) is 16.3 Å². The van der Waals surface area contributed by atoms with Crippen LogP contribution in [-0.2, 0) is 0 Å². The van der Waals surface area contributed by atoms with E-state index in [4.69, 9.17) is 0 Å². The second-order valence-electron chi connectivity index (χ2n) is 4.94. The Morgan fingerprint density at radius 3 is 2.32 bits per heavy atom. The average molecular weight is 311 g/mol. The first-order valence-electron chi connectivity index (χ1n) is 6.67. The molecule has 0 aliphatic heterocycles. The molecule has 0 spiro atoms. The molecule has 0 saturated carbocycles. The van der Waals surface area contributed by atoms with E-state index < -0.39 is 6.36 Å². The minimum absolute atomic E-state index is 0.151. The first-order chi connectivity index (χ1) is 10.2. The van der Waals surface area contributed by atoms with Crippen LogP contribution in [0.3, 0.4) is 0 Å². The number of ether oxygens (including phenoxy) is 1. The number of aromatic nitrogens is 2. The van der Waals surface area contributed by atoms with E-state index in [0.717, 1.165) is 16.8 Å². The minimum atomic E-state index is -4.68. The lowest BCUT2D eigenvalue weighted by Crippen LogP contribution is -2.17. The van der Waals surface area contributed by atoms with Gasteiger partial charge in [-0.15, -0.1) is 13.2 Å². The number of halogens is 3. The van der Waals surface area contributed by atoms with Crippen LogP contribution >= 0.6 is 0 Å². The summed E-state index contributed by atoms with van der Waals surface area (Å²) in [5.41, 5.74) is 2.67. The lowest BCUT2D eigenvalue weighted by atomic mass is 10.1. The third-order valence-corrected chi connectivity index (χ3v) is 3.18. The van der Waals surface area contributed by atoms with Crippen molar-refractivity contribution in [2.45, 2.75) is 33.2 Å². The van der Waals surface area contributed by atoms with Gasteiger partial charge in [0.1, 0.15) is 5.75 Å². The van der Waals surface area contributed by atoms with Gasteiger partial charge in [0.25, 0.3) is 0 Å². The lowest BCUT2D eigenvalue weighted by molar-refractivity contribution is -0.274.